The van der Waals surface area contributed by atoms with E-state index in [1.807, 2.05) is 43.3 Å². The highest BCUT2D eigenvalue weighted by Gasteiger charge is 2.32. The van der Waals surface area contributed by atoms with Gasteiger partial charge in [-0.15, -0.1) is 10.2 Å². The lowest BCUT2D eigenvalue weighted by Crippen LogP contribution is -2.40. The molecule has 8 nitrogen and oxygen atoms in total. The van der Waals surface area contributed by atoms with Gasteiger partial charge in [-0.3, -0.25) is 19.1 Å². The van der Waals surface area contributed by atoms with Crippen LogP contribution < -0.4 is 10.2 Å². The van der Waals surface area contributed by atoms with Gasteiger partial charge in [0.2, 0.25) is 11.8 Å². The predicted molar refractivity (Wildman–Crippen MR) is 119 cm³/mol. The first-order valence-corrected chi connectivity index (χ1v) is 11.3. The highest BCUT2D eigenvalue weighted by atomic mass is 32.2. The van der Waals surface area contributed by atoms with Crippen LogP contribution in [0.1, 0.15) is 32.2 Å². The first kappa shape index (κ1) is 19.7. The second-order valence-corrected chi connectivity index (χ2v) is 8.76. The summed E-state index contributed by atoms with van der Waals surface area (Å²) in [4.78, 5) is 31.4. The quantitative estimate of drug-likeness (QED) is 0.618. The monoisotopic (exact) mass is 434 g/mol. The van der Waals surface area contributed by atoms with Crippen LogP contribution in [0.2, 0.25) is 0 Å². The topological polar surface area (TPSA) is 93.0 Å². The van der Waals surface area contributed by atoms with Crippen LogP contribution in [0.4, 0.5) is 11.4 Å². The number of nitrogens with one attached hydrogen (secondary N) is 1. The Bertz CT molecular complexity index is 1130. The van der Waals surface area contributed by atoms with Crippen molar-refractivity contribution in [3.05, 3.63) is 48.8 Å². The Morgan fingerprint density at radius 3 is 2.81 bits per heavy atom. The minimum Gasteiger partial charge on any atom is -0.324 e. The van der Waals surface area contributed by atoms with Crippen LogP contribution >= 0.6 is 11.8 Å². The maximum absolute atomic E-state index is 13.3. The van der Waals surface area contributed by atoms with Gasteiger partial charge in [-0.2, -0.15) is 0 Å². The number of para-hydroxylation sites is 2. The Hall–Kier alpha value is -3.20. The summed E-state index contributed by atoms with van der Waals surface area (Å²) in [6, 6.07) is 11.4. The Kier molecular flexibility index (Phi) is 5.19. The minimum atomic E-state index is -0.232. The summed E-state index contributed by atoms with van der Waals surface area (Å²) >= 11 is 1.39. The van der Waals surface area contributed by atoms with Gasteiger partial charge in [0.25, 0.3) is 0 Å². The second kappa shape index (κ2) is 8.14. The van der Waals surface area contributed by atoms with Crippen LogP contribution in [-0.4, -0.2) is 43.4 Å². The fourth-order valence-corrected chi connectivity index (χ4v) is 4.76. The molecule has 1 aliphatic heterocycles. The van der Waals surface area contributed by atoms with E-state index >= 15 is 0 Å². The average molecular weight is 435 g/mol. The number of aromatic nitrogens is 4. The molecule has 1 fully saturated rings. The van der Waals surface area contributed by atoms with Gasteiger partial charge in [0.15, 0.2) is 11.0 Å². The van der Waals surface area contributed by atoms with E-state index in [2.05, 4.69) is 25.1 Å². The zero-order valence-corrected chi connectivity index (χ0v) is 17.9. The van der Waals surface area contributed by atoms with Crippen molar-refractivity contribution in [2.75, 3.05) is 16.0 Å². The molecule has 2 amide bonds. The fraction of sp³-hybridized carbons (Fsp3) is 0.318. The van der Waals surface area contributed by atoms with E-state index in [0.717, 1.165) is 35.1 Å². The Balaban J connectivity index is 1.39. The molecule has 0 radical (unpaired) electrons. The zero-order valence-electron chi connectivity index (χ0n) is 17.1. The zero-order chi connectivity index (χ0) is 21.4. The summed E-state index contributed by atoms with van der Waals surface area (Å²) in [5, 5.41) is 12.4. The molecule has 0 bridgehead atoms. The fourth-order valence-electron chi connectivity index (χ4n) is 3.89. The summed E-state index contributed by atoms with van der Waals surface area (Å²) in [6.45, 7) is 1.90. The van der Waals surface area contributed by atoms with Gasteiger partial charge < -0.3 is 10.2 Å². The minimum absolute atomic E-state index is 0.0604. The number of rotatable bonds is 5. The van der Waals surface area contributed by atoms with E-state index in [0.29, 0.717) is 11.7 Å². The first-order chi connectivity index (χ1) is 15.1. The number of hydrogen-bond acceptors (Lipinski definition) is 6. The Labute approximate surface area is 184 Å². The SMILES string of the molecule is C[C@@H]1CC(=O)Nc2ccccc2N1C(=O)CSc1nnc(-c2cccnc2)n1C1CC1. The lowest BCUT2D eigenvalue weighted by atomic mass is 10.2. The number of carbonyl (C=O) groups excluding carboxylic acids is 2. The van der Waals surface area contributed by atoms with Crippen molar-refractivity contribution < 1.29 is 9.59 Å². The van der Waals surface area contributed by atoms with E-state index < -0.39 is 0 Å². The second-order valence-electron chi connectivity index (χ2n) is 7.82. The molecule has 0 unspecified atom stereocenters. The Morgan fingerprint density at radius 2 is 2.03 bits per heavy atom. The van der Waals surface area contributed by atoms with Crippen molar-refractivity contribution in [2.24, 2.45) is 0 Å². The molecule has 31 heavy (non-hydrogen) atoms. The van der Waals surface area contributed by atoms with Crippen molar-refractivity contribution >= 4 is 35.0 Å². The van der Waals surface area contributed by atoms with Gasteiger partial charge in [-0.05, 0) is 44.0 Å². The predicted octanol–water partition coefficient (Wildman–Crippen LogP) is 3.53. The number of fused-ring (bicyclic) bond motifs is 1. The van der Waals surface area contributed by atoms with Crippen LogP contribution in [0.15, 0.2) is 53.9 Å². The van der Waals surface area contributed by atoms with Crippen molar-refractivity contribution in [3.8, 4) is 11.4 Å². The lowest BCUT2D eigenvalue weighted by Gasteiger charge is -2.27. The molecule has 158 valence electrons. The lowest BCUT2D eigenvalue weighted by molar-refractivity contribution is -0.117. The molecule has 1 aromatic carbocycles. The summed E-state index contributed by atoms with van der Waals surface area (Å²) in [7, 11) is 0. The van der Waals surface area contributed by atoms with Crippen molar-refractivity contribution in [3.63, 3.8) is 0 Å². The summed E-state index contributed by atoms with van der Waals surface area (Å²) in [5.41, 5.74) is 2.31. The van der Waals surface area contributed by atoms with Crippen molar-refractivity contribution in [2.45, 2.75) is 43.4 Å². The molecule has 1 saturated carbocycles. The number of benzene rings is 1. The van der Waals surface area contributed by atoms with E-state index in [9.17, 15) is 9.59 Å². The number of pyridine rings is 1. The molecule has 9 heteroatoms. The number of carbonyl (C=O) groups is 2. The third-order valence-corrected chi connectivity index (χ3v) is 6.38. The van der Waals surface area contributed by atoms with Crippen LogP contribution in [0, 0.1) is 0 Å². The molecule has 3 heterocycles. The van der Waals surface area contributed by atoms with E-state index in [-0.39, 0.29) is 30.0 Å². The average Bonchev–Trinajstić information content (AvgIpc) is 3.54. The first-order valence-electron chi connectivity index (χ1n) is 10.3. The number of thioether (sulfide) groups is 1. The standard InChI is InChI=1S/C22H22N6O2S/c1-14-11-19(29)24-17-6-2-3-7-18(17)27(14)20(30)13-31-22-26-25-21(28(22)16-8-9-16)15-5-4-10-23-12-15/h2-7,10,12,14,16H,8-9,11,13H2,1H3,(H,24,29)/t14-/m1/s1. The molecule has 3 aromatic rings. The van der Waals surface area contributed by atoms with Crippen molar-refractivity contribution in [1.82, 2.24) is 19.7 Å². The van der Waals surface area contributed by atoms with Crippen molar-refractivity contribution in [1.29, 1.82) is 0 Å². The molecule has 0 spiro atoms. The maximum atomic E-state index is 13.3. The van der Waals surface area contributed by atoms with E-state index in [4.69, 9.17) is 0 Å². The van der Waals surface area contributed by atoms with Crippen LogP contribution in [0.5, 0.6) is 0 Å². The molecule has 2 aromatic heterocycles. The highest BCUT2D eigenvalue weighted by molar-refractivity contribution is 7.99. The third-order valence-electron chi connectivity index (χ3n) is 5.45. The molecule has 1 aliphatic carbocycles. The maximum Gasteiger partial charge on any atom is 0.237 e. The van der Waals surface area contributed by atoms with Gasteiger partial charge in [0.1, 0.15) is 0 Å². The molecular formula is C22H22N6O2S. The molecule has 0 saturated heterocycles. The third kappa shape index (κ3) is 3.93. The van der Waals surface area contributed by atoms with E-state index in [1.165, 1.54) is 11.8 Å². The number of hydrogen-bond donors (Lipinski definition) is 1. The summed E-state index contributed by atoms with van der Waals surface area (Å²) < 4.78 is 2.12. The molecular weight excluding hydrogens is 412 g/mol. The smallest absolute Gasteiger partial charge is 0.237 e. The normalized spacial score (nSPS) is 18.3. The van der Waals surface area contributed by atoms with Gasteiger partial charge >= 0.3 is 0 Å². The molecule has 1 N–H and O–H groups in total. The van der Waals surface area contributed by atoms with E-state index in [1.54, 1.807) is 17.3 Å². The largest absolute Gasteiger partial charge is 0.324 e. The van der Waals surface area contributed by atoms with Gasteiger partial charge in [-0.1, -0.05) is 23.9 Å². The summed E-state index contributed by atoms with van der Waals surface area (Å²) in [5.74, 6) is 0.853. The number of amides is 2. The number of anilines is 2. The molecule has 5 rings (SSSR count). The van der Waals surface area contributed by atoms with Gasteiger partial charge in [0, 0.05) is 36.5 Å². The van der Waals surface area contributed by atoms with Crippen LogP contribution in [0.3, 0.4) is 0 Å². The Morgan fingerprint density at radius 1 is 1.19 bits per heavy atom. The molecule has 2 aliphatic rings. The van der Waals surface area contributed by atoms with Crippen LogP contribution in [-0.2, 0) is 9.59 Å². The van der Waals surface area contributed by atoms with Gasteiger partial charge in [0.05, 0.1) is 17.1 Å². The molecule has 1 atom stereocenters. The number of nitrogens with zero attached hydrogens (tertiary/aromatic N) is 5. The van der Waals surface area contributed by atoms with Gasteiger partial charge in [-0.25, -0.2) is 0 Å². The van der Waals surface area contributed by atoms with Crippen LogP contribution in [0.25, 0.3) is 11.4 Å². The highest BCUT2D eigenvalue weighted by Crippen LogP contribution is 2.41. The summed E-state index contributed by atoms with van der Waals surface area (Å²) in [6.07, 6.45) is 5.93.